The van der Waals surface area contributed by atoms with E-state index in [0.29, 0.717) is 16.7 Å². The molecule has 0 aromatic heterocycles. The maximum absolute atomic E-state index is 12.6. The summed E-state index contributed by atoms with van der Waals surface area (Å²) in [6.45, 7) is 0.369. The van der Waals surface area contributed by atoms with Gasteiger partial charge in [0.05, 0.1) is 5.69 Å². The normalized spacial score (nSPS) is 11.3. The molecular weight excluding hydrogens is 340 g/mol. The van der Waals surface area contributed by atoms with Gasteiger partial charge in [0.25, 0.3) is 10.0 Å². The van der Waals surface area contributed by atoms with Crippen molar-refractivity contribution in [1.82, 2.24) is 0 Å². The lowest BCUT2D eigenvalue weighted by atomic mass is 10.2. The Kier molecular flexibility index (Phi) is 4.47. The second-order valence-corrected chi connectivity index (χ2v) is 7.07. The molecule has 6 heteroatoms. The van der Waals surface area contributed by atoms with Crippen LogP contribution in [0.15, 0.2) is 57.9 Å². The summed E-state index contributed by atoms with van der Waals surface area (Å²) in [6, 6.07) is 14.0. The fraction of sp³-hybridized carbons (Fsp3) is 0.143. The first-order valence-electron chi connectivity index (χ1n) is 5.99. The third kappa shape index (κ3) is 2.87. The molecule has 2 aromatic carbocycles. The third-order valence-corrected chi connectivity index (χ3v) is 5.75. The van der Waals surface area contributed by atoms with Crippen molar-refractivity contribution in [3.63, 3.8) is 0 Å². The zero-order valence-corrected chi connectivity index (χ0v) is 13.4. The highest BCUT2D eigenvalue weighted by Crippen LogP contribution is 2.28. The summed E-state index contributed by atoms with van der Waals surface area (Å²) >= 11 is 3.30. The lowest BCUT2D eigenvalue weighted by Crippen LogP contribution is -2.26. The number of nitrogens with two attached hydrogens (primary N) is 1. The first-order valence-corrected chi connectivity index (χ1v) is 8.22. The van der Waals surface area contributed by atoms with Crippen molar-refractivity contribution in [2.45, 2.75) is 11.4 Å². The molecule has 0 bridgehead atoms. The van der Waals surface area contributed by atoms with E-state index in [1.807, 2.05) is 6.07 Å². The highest BCUT2D eigenvalue weighted by Gasteiger charge is 2.23. The van der Waals surface area contributed by atoms with E-state index < -0.39 is 10.0 Å². The van der Waals surface area contributed by atoms with Crippen LogP contribution in [-0.4, -0.2) is 15.5 Å². The van der Waals surface area contributed by atoms with Gasteiger partial charge in [-0.05, 0) is 45.8 Å². The number of rotatable bonds is 4. The summed E-state index contributed by atoms with van der Waals surface area (Å²) in [4.78, 5) is 0.223. The minimum Gasteiger partial charge on any atom is -0.326 e. The van der Waals surface area contributed by atoms with Crippen LogP contribution in [-0.2, 0) is 16.6 Å². The smallest absolute Gasteiger partial charge is 0.265 e. The minimum absolute atomic E-state index is 0.223. The topological polar surface area (TPSA) is 63.4 Å². The van der Waals surface area contributed by atoms with Crippen LogP contribution in [0.25, 0.3) is 0 Å². The predicted molar refractivity (Wildman–Crippen MR) is 84.1 cm³/mol. The monoisotopic (exact) mass is 354 g/mol. The van der Waals surface area contributed by atoms with E-state index in [9.17, 15) is 8.42 Å². The summed E-state index contributed by atoms with van der Waals surface area (Å²) in [6.07, 6.45) is 0. The molecule has 0 heterocycles. The van der Waals surface area contributed by atoms with Gasteiger partial charge in [-0.3, -0.25) is 4.31 Å². The molecule has 0 fully saturated rings. The average Bonchev–Trinajstić information content (AvgIpc) is 2.46. The number of hydrogen-bond acceptors (Lipinski definition) is 3. The van der Waals surface area contributed by atoms with E-state index in [1.54, 1.807) is 42.5 Å². The lowest BCUT2D eigenvalue weighted by molar-refractivity contribution is 0.594. The van der Waals surface area contributed by atoms with Crippen LogP contribution in [0.4, 0.5) is 5.69 Å². The van der Waals surface area contributed by atoms with Crippen LogP contribution < -0.4 is 10.0 Å². The predicted octanol–water partition coefficient (Wildman–Crippen LogP) is 2.73. The molecule has 0 saturated heterocycles. The zero-order valence-electron chi connectivity index (χ0n) is 11.0. The Morgan fingerprint density at radius 1 is 1.15 bits per heavy atom. The van der Waals surface area contributed by atoms with Crippen molar-refractivity contribution in [1.29, 1.82) is 0 Å². The molecule has 0 atom stereocenters. The van der Waals surface area contributed by atoms with Gasteiger partial charge in [-0.1, -0.05) is 24.3 Å². The van der Waals surface area contributed by atoms with Crippen molar-refractivity contribution in [3.05, 3.63) is 58.6 Å². The highest BCUT2D eigenvalue weighted by atomic mass is 79.9. The Bertz CT molecular complexity index is 702. The van der Waals surface area contributed by atoms with Gasteiger partial charge < -0.3 is 5.73 Å². The number of anilines is 1. The van der Waals surface area contributed by atoms with E-state index >= 15 is 0 Å². The Labute approximate surface area is 127 Å². The minimum atomic E-state index is -3.60. The van der Waals surface area contributed by atoms with Crippen LogP contribution in [0.3, 0.4) is 0 Å². The second kappa shape index (κ2) is 5.95. The molecular formula is C14H15BrN2O2S. The van der Waals surface area contributed by atoms with Crippen molar-refractivity contribution in [3.8, 4) is 0 Å². The summed E-state index contributed by atoms with van der Waals surface area (Å²) in [5, 5.41) is 0. The molecule has 20 heavy (non-hydrogen) atoms. The van der Waals surface area contributed by atoms with Crippen molar-refractivity contribution in [2.75, 3.05) is 11.4 Å². The quantitative estimate of drug-likeness (QED) is 0.917. The molecule has 0 aliphatic heterocycles. The molecule has 0 aliphatic carbocycles. The number of halogens is 1. The van der Waals surface area contributed by atoms with Crippen LogP contribution >= 0.6 is 15.9 Å². The van der Waals surface area contributed by atoms with Gasteiger partial charge in [-0.25, -0.2) is 8.42 Å². The highest BCUT2D eigenvalue weighted by molar-refractivity contribution is 9.10. The van der Waals surface area contributed by atoms with Gasteiger partial charge in [0, 0.05) is 18.1 Å². The molecule has 0 saturated carbocycles. The number of hydrogen-bond donors (Lipinski definition) is 1. The maximum atomic E-state index is 12.6. The second-order valence-electron chi connectivity index (χ2n) is 4.28. The zero-order chi connectivity index (χ0) is 14.8. The van der Waals surface area contributed by atoms with E-state index in [1.165, 1.54) is 11.4 Å². The molecule has 0 radical (unpaired) electrons. The van der Waals surface area contributed by atoms with Gasteiger partial charge in [0.1, 0.15) is 4.90 Å². The summed E-state index contributed by atoms with van der Waals surface area (Å²) in [7, 11) is -2.07. The summed E-state index contributed by atoms with van der Waals surface area (Å²) < 4.78 is 27.0. The van der Waals surface area contributed by atoms with Crippen molar-refractivity contribution in [2.24, 2.45) is 5.73 Å². The lowest BCUT2D eigenvalue weighted by Gasteiger charge is -2.20. The first-order chi connectivity index (χ1) is 9.46. The summed E-state index contributed by atoms with van der Waals surface area (Å²) in [5.41, 5.74) is 7.03. The van der Waals surface area contributed by atoms with Gasteiger partial charge >= 0.3 is 0 Å². The van der Waals surface area contributed by atoms with Crippen LogP contribution in [0.1, 0.15) is 5.56 Å². The van der Waals surface area contributed by atoms with E-state index in [4.69, 9.17) is 5.73 Å². The third-order valence-electron chi connectivity index (χ3n) is 2.99. The van der Waals surface area contributed by atoms with Crippen molar-refractivity contribution < 1.29 is 8.42 Å². The molecule has 2 rings (SSSR count). The van der Waals surface area contributed by atoms with Gasteiger partial charge in [-0.2, -0.15) is 0 Å². The molecule has 0 aliphatic rings. The van der Waals surface area contributed by atoms with Crippen LogP contribution in [0, 0.1) is 0 Å². The number of sulfonamides is 1. The fourth-order valence-electron chi connectivity index (χ4n) is 1.80. The Balaban J connectivity index is 2.45. The van der Waals surface area contributed by atoms with Crippen molar-refractivity contribution >= 4 is 31.6 Å². The molecule has 0 spiro atoms. The molecule has 0 amide bonds. The Hall–Kier alpha value is -1.37. The molecule has 2 aromatic rings. The van der Waals surface area contributed by atoms with E-state index in [0.717, 1.165) is 5.56 Å². The van der Waals surface area contributed by atoms with Gasteiger partial charge in [-0.15, -0.1) is 0 Å². The molecule has 106 valence electrons. The Morgan fingerprint density at radius 3 is 2.35 bits per heavy atom. The SMILES string of the molecule is CN(c1ccccc1)S(=O)(=O)c1ccc(CN)cc1Br. The largest absolute Gasteiger partial charge is 0.326 e. The molecule has 4 nitrogen and oxygen atoms in total. The molecule has 0 unspecified atom stereocenters. The van der Waals surface area contributed by atoms with E-state index in [-0.39, 0.29) is 4.90 Å². The number of benzene rings is 2. The Morgan fingerprint density at radius 2 is 1.80 bits per heavy atom. The number of nitrogens with zero attached hydrogens (tertiary/aromatic N) is 1. The first kappa shape index (κ1) is 15.0. The van der Waals surface area contributed by atoms with Gasteiger partial charge in [0.2, 0.25) is 0 Å². The van der Waals surface area contributed by atoms with Crippen LogP contribution in [0.5, 0.6) is 0 Å². The fourth-order valence-corrected chi connectivity index (χ4v) is 4.08. The molecule has 2 N–H and O–H groups in total. The van der Waals surface area contributed by atoms with E-state index in [2.05, 4.69) is 15.9 Å². The van der Waals surface area contributed by atoms with Gasteiger partial charge in [0.15, 0.2) is 0 Å². The van der Waals surface area contributed by atoms with Crippen LogP contribution in [0.2, 0.25) is 0 Å². The maximum Gasteiger partial charge on any atom is 0.265 e. The summed E-state index contributed by atoms with van der Waals surface area (Å²) in [5.74, 6) is 0. The number of para-hydroxylation sites is 1. The average molecular weight is 355 g/mol. The standard InChI is InChI=1S/C14H15BrN2O2S/c1-17(12-5-3-2-4-6-12)20(18,19)14-8-7-11(10-16)9-13(14)15/h2-9H,10,16H2,1H3.